The van der Waals surface area contributed by atoms with E-state index in [0.29, 0.717) is 4.31 Å². The van der Waals surface area contributed by atoms with Crippen molar-refractivity contribution >= 4 is 22.2 Å². The number of hydrogen-bond acceptors (Lipinski definition) is 5. The summed E-state index contributed by atoms with van der Waals surface area (Å²) in [6.45, 7) is 6.50. The number of rotatable bonds is 3. The maximum absolute atomic E-state index is 12.2. The molecule has 0 bridgehead atoms. The van der Waals surface area contributed by atoms with Gasteiger partial charge >= 0.3 is 12.2 Å². The van der Waals surface area contributed by atoms with Gasteiger partial charge in [-0.05, 0) is 34.1 Å². The molecule has 1 unspecified atom stereocenters. The highest BCUT2D eigenvalue weighted by Gasteiger charge is 2.41. The molecule has 8 nitrogen and oxygen atoms in total. The second-order valence-electron chi connectivity index (χ2n) is 5.85. The molecule has 21 heavy (non-hydrogen) atoms. The second kappa shape index (κ2) is 6.08. The van der Waals surface area contributed by atoms with E-state index in [1.807, 2.05) is 0 Å². The van der Waals surface area contributed by atoms with Crippen molar-refractivity contribution < 1.29 is 27.9 Å². The quantitative estimate of drug-likeness (QED) is 0.840. The molecule has 0 aromatic carbocycles. The molecule has 9 heteroatoms. The van der Waals surface area contributed by atoms with Crippen LogP contribution < -0.4 is 0 Å². The molecule has 0 spiro atoms. The summed E-state index contributed by atoms with van der Waals surface area (Å²) in [5.74, 6) is -0.254. The average Bonchev–Trinajstić information content (AvgIpc) is 2.75. The van der Waals surface area contributed by atoms with Gasteiger partial charge in [-0.3, -0.25) is 0 Å². The molecule has 122 valence electrons. The number of amides is 2. The van der Waals surface area contributed by atoms with Crippen LogP contribution >= 0.6 is 0 Å². The first-order valence-corrected chi connectivity index (χ1v) is 8.32. The largest absolute Gasteiger partial charge is 0.465 e. The first-order valence-electron chi connectivity index (χ1n) is 6.71. The van der Waals surface area contributed by atoms with Gasteiger partial charge in [0.2, 0.25) is 10.0 Å². The number of carbonyl (C=O) groups is 2. The molecule has 0 aromatic rings. The maximum Gasteiger partial charge on any atom is 0.424 e. The Morgan fingerprint density at radius 2 is 1.95 bits per heavy atom. The predicted molar refractivity (Wildman–Crippen MR) is 75.5 cm³/mol. The molecule has 0 aliphatic carbocycles. The molecule has 1 N–H and O–H groups in total. The molecule has 1 saturated heterocycles. The highest BCUT2D eigenvalue weighted by Crippen LogP contribution is 2.22. The number of carbonyl (C=O) groups excluding carboxylic acids is 1. The van der Waals surface area contributed by atoms with Crippen LogP contribution in [-0.4, -0.2) is 65.4 Å². The van der Waals surface area contributed by atoms with Crippen molar-refractivity contribution in [1.82, 2.24) is 9.21 Å². The van der Waals surface area contributed by atoms with Crippen molar-refractivity contribution in [2.24, 2.45) is 0 Å². The Bertz CT molecular complexity index is 510. The van der Waals surface area contributed by atoms with E-state index in [2.05, 4.69) is 0 Å². The third kappa shape index (κ3) is 4.48. The summed E-state index contributed by atoms with van der Waals surface area (Å²) < 4.78 is 30.1. The fourth-order valence-corrected chi connectivity index (χ4v) is 3.21. The lowest BCUT2D eigenvalue weighted by atomic mass is 10.2. The van der Waals surface area contributed by atoms with Crippen molar-refractivity contribution in [1.29, 1.82) is 0 Å². The molecule has 1 heterocycles. The third-order valence-corrected chi connectivity index (χ3v) is 4.78. The molecule has 1 atom stereocenters. The van der Waals surface area contributed by atoms with E-state index in [4.69, 9.17) is 9.84 Å². The number of nitrogens with zero attached hydrogens (tertiary/aromatic N) is 2. The Balaban J connectivity index is 3.00. The van der Waals surface area contributed by atoms with Crippen LogP contribution in [0, 0.1) is 0 Å². The molecule has 0 aromatic heterocycles. The summed E-state index contributed by atoms with van der Waals surface area (Å²) in [5.41, 5.74) is -0.830. The smallest absolute Gasteiger partial charge is 0.424 e. The Kier molecular flexibility index (Phi) is 5.08. The summed E-state index contributed by atoms with van der Waals surface area (Å²) in [5, 5.41) is 8.94. The second-order valence-corrected chi connectivity index (χ2v) is 7.98. The van der Waals surface area contributed by atoms with Crippen LogP contribution in [0.2, 0.25) is 0 Å². The average molecular weight is 322 g/mol. The zero-order valence-corrected chi connectivity index (χ0v) is 13.5. The van der Waals surface area contributed by atoms with Gasteiger partial charge in [-0.2, -0.15) is 4.31 Å². The fraction of sp³-hybridized carbons (Fsp3) is 0.833. The van der Waals surface area contributed by atoms with Gasteiger partial charge in [-0.25, -0.2) is 18.0 Å². The van der Waals surface area contributed by atoms with Crippen molar-refractivity contribution in [3.8, 4) is 0 Å². The van der Waals surface area contributed by atoms with Crippen molar-refractivity contribution in [2.75, 3.05) is 18.8 Å². The molecule has 1 aliphatic heterocycles. The van der Waals surface area contributed by atoms with Gasteiger partial charge in [0.1, 0.15) is 5.60 Å². The van der Waals surface area contributed by atoms with E-state index in [1.54, 1.807) is 20.8 Å². The van der Waals surface area contributed by atoms with Crippen molar-refractivity contribution in [3.05, 3.63) is 0 Å². The number of ether oxygens (including phenoxy) is 1. The zero-order valence-electron chi connectivity index (χ0n) is 12.7. The Hall–Kier alpha value is -1.51. The molecular formula is C12H22N2O6S. The highest BCUT2D eigenvalue weighted by atomic mass is 32.2. The summed E-state index contributed by atoms with van der Waals surface area (Å²) in [4.78, 5) is 24.2. The monoisotopic (exact) mass is 322 g/mol. The first-order chi connectivity index (χ1) is 9.48. The van der Waals surface area contributed by atoms with Gasteiger partial charge in [0, 0.05) is 13.1 Å². The molecular weight excluding hydrogens is 300 g/mol. The lowest BCUT2D eigenvalue weighted by Gasteiger charge is -2.30. The zero-order chi connectivity index (χ0) is 16.4. The van der Waals surface area contributed by atoms with Gasteiger partial charge in [0.05, 0.1) is 11.8 Å². The third-order valence-electron chi connectivity index (χ3n) is 3.00. The topological polar surface area (TPSA) is 104 Å². The van der Waals surface area contributed by atoms with E-state index >= 15 is 0 Å². The van der Waals surface area contributed by atoms with Gasteiger partial charge < -0.3 is 14.7 Å². The van der Waals surface area contributed by atoms with Crippen LogP contribution in [-0.2, 0) is 14.8 Å². The minimum Gasteiger partial charge on any atom is -0.465 e. The van der Waals surface area contributed by atoms with Crippen molar-refractivity contribution in [3.63, 3.8) is 0 Å². The van der Waals surface area contributed by atoms with Crippen molar-refractivity contribution in [2.45, 2.75) is 45.8 Å². The summed E-state index contributed by atoms with van der Waals surface area (Å²) >= 11 is 0. The van der Waals surface area contributed by atoms with Crippen LogP contribution in [0.5, 0.6) is 0 Å². The van der Waals surface area contributed by atoms with Gasteiger partial charge in [0.15, 0.2) is 0 Å². The van der Waals surface area contributed by atoms with Gasteiger partial charge in [-0.1, -0.05) is 0 Å². The highest BCUT2D eigenvalue weighted by molar-refractivity contribution is 7.89. The van der Waals surface area contributed by atoms with E-state index in [0.717, 1.165) is 4.90 Å². The number of hydrogen-bond donors (Lipinski definition) is 1. The lowest BCUT2D eigenvalue weighted by molar-refractivity contribution is 0.0341. The van der Waals surface area contributed by atoms with Gasteiger partial charge in [0.25, 0.3) is 0 Å². The minimum absolute atomic E-state index is 0.0339. The van der Waals surface area contributed by atoms with Gasteiger partial charge in [-0.15, -0.1) is 0 Å². The molecule has 0 radical (unpaired) electrons. The molecule has 1 fully saturated rings. The van der Waals surface area contributed by atoms with Crippen LogP contribution in [0.4, 0.5) is 9.59 Å². The standard InChI is InChI=1S/C12H22N2O6S/c1-5-21(18,19)14(11(17)20-12(2,3)4)9-6-7-13(8-9)10(15)16/h9H,5-8H2,1-4H3,(H,15,16). The fourth-order valence-electron chi connectivity index (χ4n) is 2.04. The molecule has 0 saturated carbocycles. The van der Waals surface area contributed by atoms with Crippen LogP contribution in [0.25, 0.3) is 0 Å². The van der Waals surface area contributed by atoms with E-state index in [-0.39, 0.29) is 25.3 Å². The lowest BCUT2D eigenvalue weighted by Crippen LogP contribution is -2.48. The Labute approximate surface area is 124 Å². The molecule has 2 amide bonds. The van der Waals surface area contributed by atoms with Crippen LogP contribution in [0.1, 0.15) is 34.1 Å². The summed E-state index contributed by atoms with van der Waals surface area (Å²) in [7, 11) is -3.83. The van der Waals surface area contributed by atoms with E-state index < -0.39 is 33.9 Å². The number of carboxylic acid groups (broad SMARTS) is 1. The molecule has 1 aliphatic rings. The SMILES string of the molecule is CCS(=O)(=O)N(C(=O)OC(C)(C)C)C1CCN(C(=O)O)C1. The normalized spacial score (nSPS) is 19.4. The van der Waals surface area contributed by atoms with E-state index in [9.17, 15) is 18.0 Å². The Morgan fingerprint density at radius 1 is 1.38 bits per heavy atom. The number of sulfonamides is 1. The maximum atomic E-state index is 12.2. The minimum atomic E-state index is -3.83. The predicted octanol–water partition coefficient (Wildman–Crippen LogP) is 1.33. The first kappa shape index (κ1) is 17.5. The Morgan fingerprint density at radius 3 is 2.33 bits per heavy atom. The number of likely N-dealkylation sites (tertiary alicyclic amines) is 1. The van der Waals surface area contributed by atoms with Crippen LogP contribution in [0.3, 0.4) is 0 Å². The van der Waals surface area contributed by atoms with Crippen LogP contribution in [0.15, 0.2) is 0 Å². The molecule has 1 rings (SSSR count). The summed E-state index contributed by atoms with van der Waals surface area (Å²) in [6.07, 6.45) is -1.82. The summed E-state index contributed by atoms with van der Waals surface area (Å²) in [6, 6.07) is -0.721. The van der Waals surface area contributed by atoms with E-state index in [1.165, 1.54) is 6.92 Å².